The first kappa shape index (κ1) is 22.1. The highest BCUT2D eigenvalue weighted by Crippen LogP contribution is 2.29. The summed E-state index contributed by atoms with van der Waals surface area (Å²) in [5.41, 5.74) is 2.53. The van der Waals surface area contributed by atoms with Crippen LogP contribution >= 0.6 is 11.3 Å². The third-order valence-electron chi connectivity index (χ3n) is 5.60. The van der Waals surface area contributed by atoms with E-state index in [9.17, 15) is 9.59 Å². The summed E-state index contributed by atoms with van der Waals surface area (Å²) in [5.74, 6) is 1.55. The molecule has 0 bridgehead atoms. The SMILES string of the molecule is CCc1cc2c(cc3c(=O)n(CCCC(=O)NCc4ccccc4OC)nc(CC)n32)s1. The van der Waals surface area contributed by atoms with Crippen molar-refractivity contribution in [1.29, 1.82) is 0 Å². The highest BCUT2D eigenvalue weighted by Gasteiger charge is 2.16. The molecule has 32 heavy (non-hydrogen) atoms. The number of aromatic nitrogens is 3. The van der Waals surface area contributed by atoms with Gasteiger partial charge in [-0.15, -0.1) is 11.3 Å². The molecule has 168 valence electrons. The van der Waals surface area contributed by atoms with Crippen molar-refractivity contribution in [3.05, 3.63) is 63.0 Å². The summed E-state index contributed by atoms with van der Waals surface area (Å²) < 4.78 is 9.93. The zero-order valence-corrected chi connectivity index (χ0v) is 19.5. The quantitative estimate of drug-likeness (QED) is 0.417. The monoisotopic (exact) mass is 452 g/mol. The van der Waals surface area contributed by atoms with Crippen LogP contribution in [0.15, 0.2) is 41.2 Å². The fourth-order valence-corrected chi connectivity index (χ4v) is 4.94. The van der Waals surface area contributed by atoms with Crippen molar-refractivity contribution in [2.24, 2.45) is 0 Å². The van der Waals surface area contributed by atoms with Gasteiger partial charge in [-0.2, -0.15) is 5.10 Å². The lowest BCUT2D eigenvalue weighted by Gasteiger charge is -2.11. The summed E-state index contributed by atoms with van der Waals surface area (Å²) in [6, 6.07) is 11.7. The zero-order chi connectivity index (χ0) is 22.7. The van der Waals surface area contributed by atoms with Crippen molar-refractivity contribution in [2.75, 3.05) is 7.11 Å². The standard InChI is InChI=1S/C24H28N4O3S/c1-4-17-13-18-21(32-17)14-19-24(30)27(26-22(5-2)28(18)19)12-8-11-23(29)25-15-16-9-6-7-10-20(16)31-3/h6-7,9-10,13-14H,4-5,8,11-12,15H2,1-3H3,(H,25,29). The van der Waals surface area contributed by atoms with Crippen LogP contribution in [-0.2, 0) is 30.7 Å². The second-order valence-corrected chi connectivity index (χ2v) is 8.84. The molecular weight excluding hydrogens is 424 g/mol. The number of thiophene rings is 1. The first-order chi connectivity index (χ1) is 15.5. The molecular formula is C24H28N4O3S. The van der Waals surface area contributed by atoms with Gasteiger partial charge in [0.2, 0.25) is 5.91 Å². The van der Waals surface area contributed by atoms with Crippen LogP contribution in [0, 0.1) is 0 Å². The zero-order valence-electron chi connectivity index (χ0n) is 18.7. The van der Waals surface area contributed by atoms with Crippen LogP contribution in [0.25, 0.3) is 15.7 Å². The maximum Gasteiger partial charge on any atom is 0.291 e. The molecule has 1 amide bonds. The third-order valence-corrected chi connectivity index (χ3v) is 6.81. The van der Waals surface area contributed by atoms with Gasteiger partial charge in [-0.25, -0.2) is 4.68 Å². The second kappa shape index (κ2) is 9.56. The van der Waals surface area contributed by atoms with Crippen molar-refractivity contribution in [3.63, 3.8) is 0 Å². The maximum atomic E-state index is 13.0. The number of benzene rings is 1. The van der Waals surface area contributed by atoms with E-state index < -0.39 is 0 Å². The molecule has 3 heterocycles. The number of amides is 1. The Morgan fingerprint density at radius 2 is 1.97 bits per heavy atom. The average molecular weight is 453 g/mol. The molecule has 0 aliphatic carbocycles. The molecule has 0 fully saturated rings. The van der Waals surface area contributed by atoms with Crippen molar-refractivity contribution >= 4 is 33.0 Å². The summed E-state index contributed by atoms with van der Waals surface area (Å²) in [6.45, 7) is 4.99. The second-order valence-electron chi connectivity index (χ2n) is 7.67. The number of fused-ring (bicyclic) bond motifs is 3. The summed E-state index contributed by atoms with van der Waals surface area (Å²) >= 11 is 1.73. The molecule has 1 N–H and O–H groups in total. The fraction of sp³-hybridized carbons (Fsp3) is 0.375. The highest BCUT2D eigenvalue weighted by molar-refractivity contribution is 7.19. The highest BCUT2D eigenvalue weighted by atomic mass is 32.1. The molecule has 7 nitrogen and oxygen atoms in total. The molecule has 0 aliphatic rings. The van der Waals surface area contributed by atoms with Gasteiger partial charge in [0.15, 0.2) is 0 Å². The van der Waals surface area contributed by atoms with Crippen molar-refractivity contribution in [2.45, 2.75) is 52.6 Å². The minimum Gasteiger partial charge on any atom is -0.496 e. The number of hydrogen-bond acceptors (Lipinski definition) is 5. The number of carbonyl (C=O) groups is 1. The molecule has 4 aromatic rings. The number of rotatable bonds is 9. The van der Waals surface area contributed by atoms with Crippen LogP contribution < -0.4 is 15.6 Å². The first-order valence-electron chi connectivity index (χ1n) is 11.0. The van der Waals surface area contributed by atoms with Crippen LogP contribution in [-0.4, -0.2) is 27.2 Å². The molecule has 0 aliphatic heterocycles. The third kappa shape index (κ3) is 4.27. The number of methoxy groups -OCH3 is 1. The average Bonchev–Trinajstić information content (AvgIpc) is 3.37. The largest absolute Gasteiger partial charge is 0.496 e. The van der Waals surface area contributed by atoms with Gasteiger partial charge in [0, 0.05) is 36.4 Å². The van der Waals surface area contributed by atoms with Gasteiger partial charge in [-0.05, 0) is 31.0 Å². The number of nitrogens with one attached hydrogen (secondary N) is 1. The van der Waals surface area contributed by atoms with E-state index in [-0.39, 0.29) is 11.5 Å². The van der Waals surface area contributed by atoms with Crippen LogP contribution in [0.3, 0.4) is 0 Å². The lowest BCUT2D eigenvalue weighted by molar-refractivity contribution is -0.121. The summed E-state index contributed by atoms with van der Waals surface area (Å²) in [5, 5.41) is 7.54. The minimum absolute atomic E-state index is 0.0592. The Kier molecular flexibility index (Phi) is 6.60. The number of para-hydroxylation sites is 1. The van der Waals surface area contributed by atoms with Crippen LogP contribution in [0.4, 0.5) is 0 Å². The fourth-order valence-electron chi connectivity index (χ4n) is 3.92. The molecule has 1 aromatic carbocycles. The van der Waals surface area contributed by atoms with E-state index in [1.165, 1.54) is 9.56 Å². The Morgan fingerprint density at radius 3 is 2.72 bits per heavy atom. The molecule has 0 radical (unpaired) electrons. The molecule has 0 unspecified atom stereocenters. The summed E-state index contributed by atoms with van der Waals surface area (Å²) in [4.78, 5) is 26.7. The van der Waals surface area contributed by atoms with Gasteiger partial charge in [0.25, 0.3) is 5.56 Å². The molecule has 0 saturated heterocycles. The normalized spacial score (nSPS) is 11.3. The van der Waals surface area contributed by atoms with Gasteiger partial charge in [0.05, 0.1) is 17.3 Å². The van der Waals surface area contributed by atoms with E-state index in [1.54, 1.807) is 18.4 Å². The Bertz CT molecular complexity index is 1320. The number of carbonyl (C=O) groups excluding carboxylic acids is 1. The van der Waals surface area contributed by atoms with Crippen molar-refractivity contribution in [1.82, 2.24) is 19.5 Å². The Morgan fingerprint density at radius 1 is 1.16 bits per heavy atom. The van der Waals surface area contributed by atoms with Crippen LogP contribution in [0.1, 0.15) is 43.0 Å². The van der Waals surface area contributed by atoms with E-state index in [2.05, 4.69) is 23.4 Å². The number of aryl methyl sites for hydroxylation is 3. The molecule has 3 aromatic heterocycles. The summed E-state index contributed by atoms with van der Waals surface area (Å²) in [7, 11) is 1.62. The van der Waals surface area contributed by atoms with Crippen LogP contribution in [0.5, 0.6) is 5.75 Å². The van der Waals surface area contributed by atoms with Gasteiger partial charge in [0.1, 0.15) is 17.1 Å². The van der Waals surface area contributed by atoms with E-state index in [0.29, 0.717) is 31.4 Å². The van der Waals surface area contributed by atoms with Crippen molar-refractivity contribution in [3.8, 4) is 5.75 Å². The molecule has 4 rings (SSSR count). The number of ether oxygens (including phenoxy) is 1. The smallest absolute Gasteiger partial charge is 0.291 e. The van der Waals surface area contributed by atoms with Gasteiger partial charge >= 0.3 is 0 Å². The van der Waals surface area contributed by atoms with Gasteiger partial charge in [-0.1, -0.05) is 32.0 Å². The van der Waals surface area contributed by atoms with Crippen LogP contribution in [0.2, 0.25) is 0 Å². The van der Waals surface area contributed by atoms with E-state index >= 15 is 0 Å². The lowest BCUT2D eigenvalue weighted by atomic mass is 10.2. The maximum absolute atomic E-state index is 13.0. The van der Waals surface area contributed by atoms with Gasteiger partial charge < -0.3 is 10.1 Å². The first-order valence-corrected chi connectivity index (χ1v) is 11.8. The van der Waals surface area contributed by atoms with E-state index in [1.807, 2.05) is 41.7 Å². The minimum atomic E-state index is -0.113. The van der Waals surface area contributed by atoms with E-state index in [4.69, 9.17) is 4.74 Å². The predicted octanol–water partition coefficient (Wildman–Crippen LogP) is 3.94. The molecule has 8 heteroatoms. The lowest BCUT2D eigenvalue weighted by Crippen LogP contribution is -2.28. The number of hydrogen-bond donors (Lipinski definition) is 1. The van der Waals surface area contributed by atoms with Gasteiger partial charge in [-0.3, -0.25) is 14.0 Å². The topological polar surface area (TPSA) is 77.6 Å². The number of nitrogens with zero attached hydrogens (tertiary/aromatic N) is 3. The summed E-state index contributed by atoms with van der Waals surface area (Å²) in [6.07, 6.45) is 2.56. The molecule has 0 saturated carbocycles. The predicted molar refractivity (Wildman–Crippen MR) is 128 cm³/mol. The Balaban J connectivity index is 1.44. The van der Waals surface area contributed by atoms with Crippen molar-refractivity contribution < 1.29 is 9.53 Å². The molecule has 0 spiro atoms. The molecule has 0 atom stereocenters. The van der Waals surface area contributed by atoms with E-state index in [0.717, 1.165) is 40.2 Å². The Hall–Kier alpha value is -3.13. The Labute approximate surface area is 190 Å².